The highest BCUT2D eigenvalue weighted by Crippen LogP contribution is 2.16. The minimum absolute atomic E-state index is 0.201. The summed E-state index contributed by atoms with van der Waals surface area (Å²) in [6, 6.07) is 7.72. The summed E-state index contributed by atoms with van der Waals surface area (Å²) in [6.07, 6.45) is 0.201. The Hall–Kier alpha value is -1.16. The second-order valence-corrected chi connectivity index (χ2v) is 5.90. The van der Waals surface area contributed by atoms with Crippen LogP contribution in [0.2, 0.25) is 0 Å². The highest BCUT2D eigenvalue weighted by atomic mass is 32.2. The van der Waals surface area contributed by atoms with Gasteiger partial charge in [0.1, 0.15) is 0 Å². The lowest BCUT2D eigenvalue weighted by atomic mass is 10.0. The molecular weight excluding hydrogens is 248 g/mol. The Kier molecular flexibility index (Phi) is 6.05. The van der Waals surface area contributed by atoms with Gasteiger partial charge in [0.15, 0.2) is 0 Å². The molecule has 1 rings (SSSR count). The molecule has 100 valence electrons. The first-order chi connectivity index (χ1) is 8.54. The van der Waals surface area contributed by atoms with E-state index in [9.17, 15) is 9.00 Å². The van der Waals surface area contributed by atoms with Gasteiger partial charge in [0.2, 0.25) is 0 Å². The summed E-state index contributed by atoms with van der Waals surface area (Å²) < 4.78 is 16.7. The van der Waals surface area contributed by atoms with Crippen molar-refractivity contribution in [3.63, 3.8) is 0 Å². The number of esters is 1. The van der Waals surface area contributed by atoms with Crippen molar-refractivity contribution < 1.29 is 13.7 Å². The van der Waals surface area contributed by atoms with Crippen LogP contribution in [0.4, 0.5) is 0 Å². The second kappa shape index (κ2) is 7.31. The van der Waals surface area contributed by atoms with Crippen molar-refractivity contribution in [2.75, 3.05) is 12.4 Å². The van der Waals surface area contributed by atoms with Gasteiger partial charge in [0.05, 0.1) is 23.8 Å². The molecule has 0 aromatic heterocycles. The number of rotatable bonds is 6. The van der Waals surface area contributed by atoms with Crippen LogP contribution in [0.5, 0.6) is 0 Å². The molecule has 3 nitrogen and oxygen atoms in total. The summed E-state index contributed by atoms with van der Waals surface area (Å²) in [6.45, 7) is 6.37. The highest BCUT2D eigenvalue weighted by Gasteiger charge is 2.09. The van der Waals surface area contributed by atoms with Crippen LogP contribution in [0.3, 0.4) is 0 Å². The molecule has 0 heterocycles. The Bertz CT molecular complexity index is 410. The highest BCUT2D eigenvalue weighted by molar-refractivity contribution is 7.85. The second-order valence-electron chi connectivity index (χ2n) is 4.33. The number of carbonyl (C=O) groups is 1. The fourth-order valence-electron chi connectivity index (χ4n) is 1.53. The van der Waals surface area contributed by atoms with Crippen LogP contribution in [0.1, 0.15) is 38.7 Å². The molecule has 0 amide bonds. The average Bonchev–Trinajstić information content (AvgIpc) is 2.36. The smallest absolute Gasteiger partial charge is 0.306 e. The number of hydrogen-bond acceptors (Lipinski definition) is 3. The SMILES string of the molecule is CCOC(=O)CCS(=O)c1ccc(C(C)C)cc1. The molecule has 1 atom stereocenters. The molecule has 1 unspecified atom stereocenters. The summed E-state index contributed by atoms with van der Waals surface area (Å²) in [4.78, 5) is 11.9. The molecule has 0 N–H and O–H groups in total. The minimum Gasteiger partial charge on any atom is -0.466 e. The topological polar surface area (TPSA) is 43.4 Å². The van der Waals surface area contributed by atoms with E-state index < -0.39 is 10.8 Å². The first-order valence-corrected chi connectivity index (χ1v) is 7.50. The third-order valence-corrected chi connectivity index (χ3v) is 3.98. The Balaban J connectivity index is 2.54. The van der Waals surface area contributed by atoms with Crippen molar-refractivity contribution in [3.05, 3.63) is 29.8 Å². The normalized spacial score (nSPS) is 12.4. The fourth-order valence-corrected chi connectivity index (χ4v) is 2.56. The van der Waals surface area contributed by atoms with Gasteiger partial charge in [0, 0.05) is 10.6 Å². The largest absolute Gasteiger partial charge is 0.466 e. The molecule has 0 spiro atoms. The van der Waals surface area contributed by atoms with Crippen LogP contribution in [-0.4, -0.2) is 22.5 Å². The lowest BCUT2D eigenvalue weighted by molar-refractivity contribution is -0.142. The van der Waals surface area contributed by atoms with E-state index in [1.54, 1.807) is 6.92 Å². The maximum Gasteiger partial charge on any atom is 0.306 e. The van der Waals surface area contributed by atoms with E-state index >= 15 is 0 Å². The fraction of sp³-hybridized carbons (Fsp3) is 0.500. The molecule has 0 bridgehead atoms. The Morgan fingerprint density at radius 3 is 2.39 bits per heavy atom. The third kappa shape index (κ3) is 4.61. The molecule has 0 radical (unpaired) electrons. The summed E-state index contributed by atoms with van der Waals surface area (Å²) in [5, 5.41) is 0. The molecule has 0 fully saturated rings. The van der Waals surface area contributed by atoms with E-state index in [0.717, 1.165) is 4.90 Å². The van der Waals surface area contributed by atoms with Crippen molar-refractivity contribution >= 4 is 16.8 Å². The molecule has 0 saturated heterocycles. The first-order valence-electron chi connectivity index (χ1n) is 6.18. The average molecular weight is 268 g/mol. The summed E-state index contributed by atoms with van der Waals surface area (Å²) in [5.74, 6) is 0.497. The molecule has 0 aliphatic heterocycles. The maximum absolute atomic E-state index is 11.9. The Morgan fingerprint density at radius 2 is 1.89 bits per heavy atom. The molecule has 4 heteroatoms. The van der Waals surface area contributed by atoms with Gasteiger partial charge in [-0.05, 0) is 30.5 Å². The van der Waals surface area contributed by atoms with E-state index in [1.165, 1.54) is 5.56 Å². The maximum atomic E-state index is 11.9. The Labute approximate surface area is 111 Å². The summed E-state index contributed by atoms with van der Waals surface area (Å²) >= 11 is 0. The predicted octanol–water partition coefficient (Wildman–Crippen LogP) is 2.87. The van der Waals surface area contributed by atoms with Gasteiger partial charge in [0.25, 0.3) is 0 Å². The van der Waals surface area contributed by atoms with Crippen molar-refractivity contribution in [1.29, 1.82) is 0 Å². The van der Waals surface area contributed by atoms with Crippen LogP contribution < -0.4 is 0 Å². The lowest BCUT2D eigenvalue weighted by Gasteiger charge is -2.07. The zero-order valence-electron chi connectivity index (χ0n) is 11.1. The minimum atomic E-state index is -1.13. The van der Waals surface area contributed by atoms with Gasteiger partial charge >= 0.3 is 5.97 Å². The van der Waals surface area contributed by atoms with Crippen molar-refractivity contribution in [2.24, 2.45) is 0 Å². The van der Waals surface area contributed by atoms with Crippen LogP contribution in [0, 0.1) is 0 Å². The van der Waals surface area contributed by atoms with E-state index in [0.29, 0.717) is 18.3 Å². The number of ether oxygens (including phenoxy) is 1. The standard InChI is InChI=1S/C14H20O3S/c1-4-17-14(15)9-10-18(16)13-7-5-12(6-8-13)11(2)3/h5-8,11H,4,9-10H2,1-3H3. The van der Waals surface area contributed by atoms with E-state index in [-0.39, 0.29) is 12.4 Å². The molecule has 0 aliphatic rings. The summed E-state index contributed by atoms with van der Waals surface area (Å²) in [7, 11) is -1.13. The summed E-state index contributed by atoms with van der Waals surface area (Å²) in [5.41, 5.74) is 1.22. The zero-order valence-corrected chi connectivity index (χ0v) is 12.0. The molecule has 0 saturated carbocycles. The Morgan fingerprint density at radius 1 is 1.28 bits per heavy atom. The number of carbonyl (C=O) groups excluding carboxylic acids is 1. The van der Waals surface area contributed by atoms with Crippen molar-refractivity contribution in [1.82, 2.24) is 0 Å². The van der Waals surface area contributed by atoms with E-state index in [2.05, 4.69) is 13.8 Å². The van der Waals surface area contributed by atoms with Crippen LogP contribution in [0.15, 0.2) is 29.2 Å². The molecule has 0 aliphatic carbocycles. The molecular formula is C14H20O3S. The lowest BCUT2D eigenvalue weighted by Crippen LogP contribution is -2.09. The number of hydrogen-bond donors (Lipinski definition) is 0. The van der Waals surface area contributed by atoms with Gasteiger partial charge in [-0.2, -0.15) is 0 Å². The van der Waals surface area contributed by atoms with Crippen LogP contribution in [-0.2, 0) is 20.3 Å². The van der Waals surface area contributed by atoms with Gasteiger partial charge < -0.3 is 4.74 Å². The molecule has 1 aromatic rings. The van der Waals surface area contributed by atoms with E-state index in [4.69, 9.17) is 4.74 Å². The van der Waals surface area contributed by atoms with Crippen LogP contribution >= 0.6 is 0 Å². The van der Waals surface area contributed by atoms with Crippen molar-refractivity contribution in [3.8, 4) is 0 Å². The first kappa shape index (κ1) is 14.9. The quantitative estimate of drug-likeness (QED) is 0.745. The monoisotopic (exact) mass is 268 g/mol. The molecule has 18 heavy (non-hydrogen) atoms. The van der Waals surface area contributed by atoms with Crippen LogP contribution in [0.25, 0.3) is 0 Å². The van der Waals surface area contributed by atoms with Gasteiger partial charge in [-0.3, -0.25) is 9.00 Å². The van der Waals surface area contributed by atoms with Crippen molar-refractivity contribution in [2.45, 2.75) is 38.0 Å². The predicted molar refractivity (Wildman–Crippen MR) is 73.1 cm³/mol. The third-order valence-electron chi connectivity index (χ3n) is 2.61. The number of benzene rings is 1. The van der Waals surface area contributed by atoms with E-state index in [1.807, 2.05) is 24.3 Å². The van der Waals surface area contributed by atoms with Gasteiger partial charge in [-0.25, -0.2) is 0 Å². The van der Waals surface area contributed by atoms with Gasteiger partial charge in [-0.1, -0.05) is 26.0 Å². The van der Waals surface area contributed by atoms with Gasteiger partial charge in [-0.15, -0.1) is 0 Å². The zero-order chi connectivity index (χ0) is 13.5. The molecule has 1 aromatic carbocycles.